The Kier molecular flexibility index (Phi) is 2.33. The van der Waals surface area contributed by atoms with Crippen LogP contribution in [-0.4, -0.2) is 18.0 Å². The van der Waals surface area contributed by atoms with Gasteiger partial charge in [0, 0.05) is 12.5 Å². The number of hydrogen-bond acceptors (Lipinski definition) is 2. The lowest BCUT2D eigenvalue weighted by molar-refractivity contribution is -0.140. The number of Topliss-reactive ketones (excluding diaryl/α,β-unsaturated/α-hetero) is 1. The lowest BCUT2D eigenvalue weighted by Crippen LogP contribution is -2.37. The summed E-state index contributed by atoms with van der Waals surface area (Å²) in [7, 11) is 0. The van der Waals surface area contributed by atoms with Crippen LogP contribution in [0, 0.1) is 5.92 Å². The highest BCUT2D eigenvalue weighted by atomic mass is 16.5. The second-order valence-corrected chi connectivity index (χ2v) is 3.70. The second kappa shape index (κ2) is 2.94. The third-order valence-electron chi connectivity index (χ3n) is 2.26. The summed E-state index contributed by atoms with van der Waals surface area (Å²) in [6, 6.07) is 0. The van der Waals surface area contributed by atoms with Gasteiger partial charge in [-0.15, -0.1) is 0 Å². The first kappa shape index (κ1) is 8.72. The number of rotatable bonds is 2. The lowest BCUT2D eigenvalue weighted by atomic mass is 9.90. The first-order valence-corrected chi connectivity index (χ1v) is 4.24. The Morgan fingerprint density at radius 3 is 2.55 bits per heavy atom. The fourth-order valence-electron chi connectivity index (χ4n) is 1.58. The van der Waals surface area contributed by atoms with Crippen LogP contribution in [0.5, 0.6) is 0 Å². The highest BCUT2D eigenvalue weighted by Gasteiger charge is 2.38. The summed E-state index contributed by atoms with van der Waals surface area (Å²) in [4.78, 5) is 11.5. The fourth-order valence-corrected chi connectivity index (χ4v) is 1.58. The van der Waals surface area contributed by atoms with Crippen LogP contribution in [0.1, 0.15) is 33.6 Å². The van der Waals surface area contributed by atoms with Gasteiger partial charge in [-0.05, 0) is 19.8 Å². The van der Waals surface area contributed by atoms with E-state index in [9.17, 15) is 4.79 Å². The normalized spacial score (nSPS) is 31.3. The van der Waals surface area contributed by atoms with Crippen molar-refractivity contribution in [3.8, 4) is 0 Å². The fraction of sp³-hybridized carbons (Fsp3) is 0.889. The number of carbonyl (C=O) groups is 1. The van der Waals surface area contributed by atoms with E-state index >= 15 is 0 Å². The first-order chi connectivity index (χ1) is 5.06. The minimum atomic E-state index is -0.464. The van der Waals surface area contributed by atoms with Gasteiger partial charge in [0.2, 0.25) is 0 Å². The quantitative estimate of drug-likeness (QED) is 0.609. The van der Waals surface area contributed by atoms with E-state index in [1.807, 2.05) is 20.8 Å². The van der Waals surface area contributed by atoms with Gasteiger partial charge >= 0.3 is 0 Å². The summed E-state index contributed by atoms with van der Waals surface area (Å²) in [5, 5.41) is 0. The van der Waals surface area contributed by atoms with Crippen molar-refractivity contribution in [2.75, 3.05) is 6.61 Å². The smallest absolute Gasteiger partial charge is 0.166 e. The zero-order valence-corrected chi connectivity index (χ0v) is 7.52. The minimum absolute atomic E-state index is 0.0955. The largest absolute Gasteiger partial charge is 0.367 e. The molecule has 0 aliphatic carbocycles. The van der Waals surface area contributed by atoms with Gasteiger partial charge < -0.3 is 4.74 Å². The van der Waals surface area contributed by atoms with Crippen molar-refractivity contribution in [3.05, 3.63) is 0 Å². The van der Waals surface area contributed by atoms with Gasteiger partial charge in [0.05, 0.1) is 0 Å². The number of ether oxygens (including phenoxy) is 1. The van der Waals surface area contributed by atoms with E-state index in [4.69, 9.17) is 4.74 Å². The Balaban J connectivity index is 2.64. The van der Waals surface area contributed by atoms with Gasteiger partial charge in [-0.25, -0.2) is 0 Å². The topological polar surface area (TPSA) is 26.3 Å². The third-order valence-corrected chi connectivity index (χ3v) is 2.26. The van der Waals surface area contributed by atoms with Gasteiger partial charge in [0.25, 0.3) is 0 Å². The van der Waals surface area contributed by atoms with Gasteiger partial charge in [-0.1, -0.05) is 13.8 Å². The van der Waals surface area contributed by atoms with Crippen LogP contribution in [0.15, 0.2) is 0 Å². The average Bonchev–Trinajstić information content (AvgIpc) is 2.35. The van der Waals surface area contributed by atoms with E-state index < -0.39 is 5.60 Å². The summed E-state index contributed by atoms with van der Waals surface area (Å²) in [6.07, 6.45) is 1.92. The molecule has 1 saturated heterocycles. The van der Waals surface area contributed by atoms with Crippen LogP contribution in [-0.2, 0) is 9.53 Å². The molecule has 1 rings (SSSR count). The van der Waals surface area contributed by atoms with E-state index in [0.29, 0.717) is 0 Å². The highest BCUT2D eigenvalue weighted by molar-refractivity contribution is 5.88. The zero-order chi connectivity index (χ0) is 8.48. The van der Waals surface area contributed by atoms with Gasteiger partial charge in [0.1, 0.15) is 5.60 Å². The summed E-state index contributed by atoms with van der Waals surface area (Å²) >= 11 is 0. The Labute approximate surface area is 67.9 Å². The predicted octanol–water partition coefficient (Wildman–Crippen LogP) is 1.78. The predicted molar refractivity (Wildman–Crippen MR) is 43.4 cm³/mol. The summed E-state index contributed by atoms with van der Waals surface area (Å²) in [6.45, 7) is 6.50. The Morgan fingerprint density at radius 2 is 2.18 bits per heavy atom. The Hall–Kier alpha value is -0.370. The Morgan fingerprint density at radius 1 is 1.55 bits per heavy atom. The van der Waals surface area contributed by atoms with E-state index in [2.05, 4.69) is 0 Å². The maximum absolute atomic E-state index is 11.5. The third kappa shape index (κ3) is 1.62. The minimum Gasteiger partial charge on any atom is -0.367 e. The molecule has 1 aliphatic heterocycles. The molecule has 2 nitrogen and oxygen atoms in total. The standard InChI is InChI=1S/C9H16O2/c1-7(2)8(10)9(3)5-4-6-11-9/h7H,4-6H2,1-3H3. The molecule has 0 saturated carbocycles. The second-order valence-electron chi connectivity index (χ2n) is 3.70. The summed E-state index contributed by atoms with van der Waals surface area (Å²) in [5.41, 5.74) is -0.464. The highest BCUT2D eigenvalue weighted by Crippen LogP contribution is 2.28. The van der Waals surface area contributed by atoms with E-state index in [1.165, 1.54) is 0 Å². The van der Waals surface area contributed by atoms with Gasteiger partial charge in [-0.3, -0.25) is 4.79 Å². The molecule has 0 radical (unpaired) electrons. The number of carbonyl (C=O) groups excluding carboxylic acids is 1. The lowest BCUT2D eigenvalue weighted by Gasteiger charge is -2.23. The summed E-state index contributed by atoms with van der Waals surface area (Å²) < 4.78 is 5.41. The van der Waals surface area contributed by atoms with Gasteiger partial charge in [-0.2, -0.15) is 0 Å². The maximum Gasteiger partial charge on any atom is 0.166 e. The van der Waals surface area contributed by atoms with Crippen LogP contribution in [0.2, 0.25) is 0 Å². The van der Waals surface area contributed by atoms with Crippen molar-refractivity contribution in [2.45, 2.75) is 39.2 Å². The molecule has 0 aromatic rings. The van der Waals surface area contributed by atoms with Crippen LogP contribution < -0.4 is 0 Å². The monoisotopic (exact) mass is 156 g/mol. The van der Waals surface area contributed by atoms with Crippen LogP contribution in [0.4, 0.5) is 0 Å². The molecule has 11 heavy (non-hydrogen) atoms. The van der Waals surface area contributed by atoms with Crippen molar-refractivity contribution in [1.29, 1.82) is 0 Å². The Bertz CT molecular complexity index is 155. The van der Waals surface area contributed by atoms with Crippen molar-refractivity contribution in [2.24, 2.45) is 5.92 Å². The molecule has 1 aliphatic rings. The SMILES string of the molecule is CC(C)C(=O)C1(C)CCCO1. The van der Waals surface area contributed by atoms with E-state index in [1.54, 1.807) is 0 Å². The molecule has 0 bridgehead atoms. The molecule has 0 aromatic heterocycles. The molecule has 1 unspecified atom stereocenters. The van der Waals surface area contributed by atoms with E-state index in [-0.39, 0.29) is 11.7 Å². The molecule has 1 atom stereocenters. The summed E-state index contributed by atoms with van der Waals surface area (Å²) in [5.74, 6) is 0.341. The molecule has 2 heteroatoms. The van der Waals surface area contributed by atoms with Crippen LogP contribution in [0.25, 0.3) is 0 Å². The first-order valence-electron chi connectivity index (χ1n) is 4.24. The molecule has 1 heterocycles. The molecule has 1 fully saturated rings. The molecule has 0 amide bonds. The van der Waals surface area contributed by atoms with Crippen LogP contribution >= 0.6 is 0 Å². The van der Waals surface area contributed by atoms with Crippen molar-refractivity contribution >= 4 is 5.78 Å². The van der Waals surface area contributed by atoms with Crippen molar-refractivity contribution in [3.63, 3.8) is 0 Å². The molecular weight excluding hydrogens is 140 g/mol. The number of ketones is 1. The van der Waals surface area contributed by atoms with Crippen LogP contribution in [0.3, 0.4) is 0 Å². The van der Waals surface area contributed by atoms with Gasteiger partial charge in [0.15, 0.2) is 5.78 Å². The molecular formula is C9H16O2. The molecule has 0 spiro atoms. The average molecular weight is 156 g/mol. The van der Waals surface area contributed by atoms with E-state index in [0.717, 1.165) is 19.4 Å². The van der Waals surface area contributed by atoms with Crippen molar-refractivity contribution in [1.82, 2.24) is 0 Å². The maximum atomic E-state index is 11.5. The zero-order valence-electron chi connectivity index (χ0n) is 7.52. The number of hydrogen-bond donors (Lipinski definition) is 0. The molecule has 64 valence electrons. The van der Waals surface area contributed by atoms with Crippen molar-refractivity contribution < 1.29 is 9.53 Å². The molecule has 0 aromatic carbocycles. The molecule has 0 N–H and O–H groups in total.